The van der Waals surface area contributed by atoms with Crippen molar-refractivity contribution in [3.05, 3.63) is 84.9 Å². The Hall–Kier alpha value is -1.89. The first-order chi connectivity index (χ1) is 12.5. The summed E-state index contributed by atoms with van der Waals surface area (Å²) in [6.07, 6.45) is 1.96. The zero-order valence-electron chi connectivity index (χ0n) is 13.3. The van der Waals surface area contributed by atoms with Gasteiger partial charge in [0.25, 0.3) is 5.56 Å². The first-order valence-electron chi connectivity index (χ1n) is 7.68. The van der Waals surface area contributed by atoms with E-state index in [1.807, 2.05) is 0 Å². The maximum absolute atomic E-state index is 13.6. The van der Waals surface area contributed by atoms with Crippen molar-refractivity contribution < 1.29 is 4.39 Å². The van der Waals surface area contributed by atoms with E-state index in [1.54, 1.807) is 36.4 Å². The van der Waals surface area contributed by atoms with Gasteiger partial charge in [0.05, 0.1) is 21.9 Å². The van der Waals surface area contributed by atoms with Gasteiger partial charge >= 0.3 is 0 Å². The molecule has 1 N–H and O–H groups in total. The molecule has 0 bridgehead atoms. The van der Waals surface area contributed by atoms with Crippen molar-refractivity contribution >= 4 is 44.8 Å². The molecule has 0 amide bonds. The van der Waals surface area contributed by atoms with Crippen LogP contribution in [-0.2, 0) is 6.42 Å². The Morgan fingerprint density at radius 3 is 2.50 bits per heavy atom. The minimum Gasteiger partial charge on any atom is -0.382 e. The van der Waals surface area contributed by atoms with Crippen LogP contribution in [0.5, 0.6) is 0 Å². The van der Waals surface area contributed by atoms with Crippen LogP contribution in [0.15, 0.2) is 57.9 Å². The van der Waals surface area contributed by atoms with Gasteiger partial charge in [-0.2, -0.15) is 9.78 Å². The SMILES string of the molecule is O=c1c(Br)c(NCCc2ccccc2F)cnn1-c1c(Cl)cccc1Cl. The highest BCUT2D eigenvalue weighted by Gasteiger charge is 2.15. The molecule has 0 saturated carbocycles. The number of halogens is 4. The van der Waals surface area contributed by atoms with E-state index in [1.165, 1.54) is 12.3 Å². The number of nitrogens with one attached hydrogen (secondary N) is 1. The van der Waals surface area contributed by atoms with E-state index in [-0.39, 0.29) is 10.3 Å². The van der Waals surface area contributed by atoms with Crippen molar-refractivity contribution in [3.63, 3.8) is 0 Å². The van der Waals surface area contributed by atoms with Gasteiger partial charge in [-0.1, -0.05) is 47.5 Å². The third-order valence-electron chi connectivity index (χ3n) is 3.74. The lowest BCUT2D eigenvalue weighted by Crippen LogP contribution is -2.24. The fourth-order valence-electron chi connectivity index (χ4n) is 2.44. The summed E-state index contributed by atoms with van der Waals surface area (Å²) < 4.78 is 15.1. The molecule has 0 aliphatic heterocycles. The van der Waals surface area contributed by atoms with Gasteiger partial charge in [0.15, 0.2) is 0 Å². The predicted octanol–water partition coefficient (Wildman–Crippen LogP) is 5.10. The molecule has 3 rings (SSSR count). The fraction of sp³-hybridized carbons (Fsp3) is 0.111. The van der Waals surface area contributed by atoms with Gasteiger partial charge < -0.3 is 5.32 Å². The van der Waals surface area contributed by atoms with E-state index in [4.69, 9.17) is 23.2 Å². The topological polar surface area (TPSA) is 46.9 Å². The average Bonchev–Trinajstić information content (AvgIpc) is 2.62. The summed E-state index contributed by atoms with van der Waals surface area (Å²) >= 11 is 15.6. The molecule has 0 radical (unpaired) electrons. The summed E-state index contributed by atoms with van der Waals surface area (Å²) in [6, 6.07) is 11.5. The number of hydrogen-bond donors (Lipinski definition) is 1. The zero-order chi connectivity index (χ0) is 18.7. The maximum Gasteiger partial charge on any atom is 0.288 e. The largest absolute Gasteiger partial charge is 0.382 e. The first kappa shape index (κ1) is 18.9. The van der Waals surface area contributed by atoms with Crippen molar-refractivity contribution in [2.45, 2.75) is 6.42 Å². The van der Waals surface area contributed by atoms with Crippen LogP contribution in [0.4, 0.5) is 10.1 Å². The van der Waals surface area contributed by atoms with Gasteiger partial charge in [0.2, 0.25) is 0 Å². The van der Waals surface area contributed by atoms with Gasteiger partial charge in [-0.25, -0.2) is 4.39 Å². The highest BCUT2D eigenvalue weighted by Crippen LogP contribution is 2.27. The summed E-state index contributed by atoms with van der Waals surface area (Å²) in [4.78, 5) is 12.6. The minimum atomic E-state index is -0.407. The average molecular weight is 457 g/mol. The van der Waals surface area contributed by atoms with E-state index in [2.05, 4.69) is 26.3 Å². The first-order valence-corrected chi connectivity index (χ1v) is 9.23. The molecule has 0 aliphatic rings. The summed E-state index contributed by atoms with van der Waals surface area (Å²) in [5.74, 6) is -0.254. The number of anilines is 1. The molecule has 0 unspecified atom stereocenters. The van der Waals surface area contributed by atoms with Crippen LogP contribution >= 0.6 is 39.1 Å². The van der Waals surface area contributed by atoms with Crippen LogP contribution in [0.3, 0.4) is 0 Å². The number of aromatic nitrogens is 2. The van der Waals surface area contributed by atoms with Gasteiger partial charge in [0, 0.05) is 6.54 Å². The number of nitrogens with zero attached hydrogens (tertiary/aromatic N) is 2. The Bertz CT molecular complexity index is 990. The lowest BCUT2D eigenvalue weighted by molar-refractivity contribution is 0.610. The van der Waals surface area contributed by atoms with E-state index in [0.717, 1.165) is 4.68 Å². The van der Waals surface area contributed by atoms with E-state index in [0.29, 0.717) is 39.9 Å². The molecule has 1 aromatic heterocycles. The Labute approximate surface area is 167 Å². The fourth-order valence-corrected chi connectivity index (χ4v) is 3.41. The number of hydrogen-bond acceptors (Lipinski definition) is 3. The Balaban J connectivity index is 1.82. The van der Waals surface area contributed by atoms with Crippen LogP contribution in [0.1, 0.15) is 5.56 Å². The second-order valence-electron chi connectivity index (χ2n) is 5.43. The van der Waals surface area contributed by atoms with Crippen molar-refractivity contribution in [2.24, 2.45) is 0 Å². The summed E-state index contributed by atoms with van der Waals surface area (Å²) in [7, 11) is 0. The van der Waals surface area contributed by atoms with E-state index >= 15 is 0 Å². The highest BCUT2D eigenvalue weighted by atomic mass is 79.9. The molecule has 0 aliphatic carbocycles. The van der Waals surface area contributed by atoms with Crippen LogP contribution in [0.25, 0.3) is 5.69 Å². The van der Waals surface area contributed by atoms with E-state index < -0.39 is 5.56 Å². The van der Waals surface area contributed by atoms with Crippen LogP contribution in [0, 0.1) is 5.82 Å². The van der Waals surface area contributed by atoms with Crippen LogP contribution < -0.4 is 10.9 Å². The molecule has 1 heterocycles. The molecule has 0 saturated heterocycles. The summed E-state index contributed by atoms with van der Waals surface area (Å²) in [5.41, 5.74) is 1.02. The molecule has 0 fully saturated rings. The summed E-state index contributed by atoms with van der Waals surface area (Å²) in [5, 5.41) is 7.86. The molecular weight excluding hydrogens is 444 g/mol. The summed E-state index contributed by atoms with van der Waals surface area (Å²) in [6.45, 7) is 0.442. The Morgan fingerprint density at radius 1 is 1.12 bits per heavy atom. The minimum absolute atomic E-state index is 0.254. The van der Waals surface area contributed by atoms with Crippen molar-refractivity contribution in [3.8, 4) is 5.69 Å². The maximum atomic E-state index is 13.6. The zero-order valence-corrected chi connectivity index (χ0v) is 16.4. The smallest absolute Gasteiger partial charge is 0.288 e. The Kier molecular flexibility index (Phi) is 5.96. The monoisotopic (exact) mass is 455 g/mol. The standard InChI is InChI=1S/C18H13BrCl2FN3O/c19-16-15(23-9-8-11-4-1-2-7-14(11)22)10-24-25(18(16)26)17-12(20)5-3-6-13(17)21/h1-7,10,23H,8-9H2. The highest BCUT2D eigenvalue weighted by molar-refractivity contribution is 9.10. The quantitative estimate of drug-likeness (QED) is 0.581. The molecule has 26 heavy (non-hydrogen) atoms. The van der Waals surface area contributed by atoms with Crippen molar-refractivity contribution in [1.29, 1.82) is 0 Å². The number of rotatable bonds is 5. The molecule has 2 aromatic carbocycles. The third-order valence-corrected chi connectivity index (χ3v) is 5.11. The molecule has 4 nitrogen and oxygen atoms in total. The van der Waals surface area contributed by atoms with Crippen LogP contribution in [-0.4, -0.2) is 16.3 Å². The third kappa shape index (κ3) is 3.92. The number of benzene rings is 2. The lowest BCUT2D eigenvalue weighted by atomic mass is 10.1. The van der Waals surface area contributed by atoms with Crippen molar-refractivity contribution in [1.82, 2.24) is 9.78 Å². The second kappa shape index (κ2) is 8.20. The normalized spacial score (nSPS) is 10.8. The molecular formula is C18H13BrCl2FN3O. The molecule has 8 heteroatoms. The lowest BCUT2D eigenvalue weighted by Gasteiger charge is -2.12. The van der Waals surface area contributed by atoms with E-state index in [9.17, 15) is 9.18 Å². The molecule has 3 aromatic rings. The number of para-hydroxylation sites is 1. The second-order valence-corrected chi connectivity index (χ2v) is 7.04. The van der Waals surface area contributed by atoms with Gasteiger partial charge in [0.1, 0.15) is 16.0 Å². The molecule has 0 atom stereocenters. The predicted molar refractivity (Wildman–Crippen MR) is 106 cm³/mol. The van der Waals surface area contributed by atoms with Gasteiger partial charge in [-0.15, -0.1) is 0 Å². The molecule has 134 valence electrons. The Morgan fingerprint density at radius 2 is 1.81 bits per heavy atom. The van der Waals surface area contributed by atoms with Crippen molar-refractivity contribution in [2.75, 3.05) is 11.9 Å². The van der Waals surface area contributed by atoms with Crippen LogP contribution in [0.2, 0.25) is 10.0 Å². The van der Waals surface area contributed by atoms with Gasteiger partial charge in [-0.05, 0) is 46.1 Å². The van der Waals surface area contributed by atoms with Gasteiger partial charge in [-0.3, -0.25) is 4.79 Å². The molecule has 0 spiro atoms.